The number of hydrogen-bond acceptors (Lipinski definition) is 3. The van der Waals surface area contributed by atoms with E-state index in [-0.39, 0.29) is 24.3 Å². The molecule has 1 aromatic carbocycles. The van der Waals surface area contributed by atoms with E-state index in [9.17, 15) is 9.59 Å². The van der Waals surface area contributed by atoms with Crippen LogP contribution in [0.3, 0.4) is 0 Å². The summed E-state index contributed by atoms with van der Waals surface area (Å²) in [7, 11) is 1.68. The number of amides is 2. The second-order valence-electron chi connectivity index (χ2n) is 5.28. The van der Waals surface area contributed by atoms with Gasteiger partial charge in [0.1, 0.15) is 0 Å². The summed E-state index contributed by atoms with van der Waals surface area (Å²) in [5.41, 5.74) is 7.64. The SMILES string of the molecule is Cc1ccc(N(C)C(=O)CNC(=O)[C@@H](N)C(C)C)cc1. The molecule has 0 spiro atoms. The first-order chi connectivity index (χ1) is 9.32. The van der Waals surface area contributed by atoms with Gasteiger partial charge in [0.05, 0.1) is 12.6 Å². The fraction of sp³-hybridized carbons (Fsp3) is 0.467. The zero-order valence-corrected chi connectivity index (χ0v) is 12.5. The minimum absolute atomic E-state index is 0.0416. The number of nitrogens with one attached hydrogen (secondary N) is 1. The Labute approximate surface area is 120 Å². The number of carbonyl (C=O) groups excluding carboxylic acids is 2. The van der Waals surface area contributed by atoms with E-state index in [1.807, 2.05) is 45.0 Å². The van der Waals surface area contributed by atoms with Crippen molar-refractivity contribution in [3.05, 3.63) is 29.8 Å². The van der Waals surface area contributed by atoms with Gasteiger partial charge in [-0.1, -0.05) is 31.5 Å². The average molecular weight is 277 g/mol. The van der Waals surface area contributed by atoms with Crippen molar-refractivity contribution in [2.45, 2.75) is 26.8 Å². The van der Waals surface area contributed by atoms with E-state index in [0.717, 1.165) is 11.3 Å². The van der Waals surface area contributed by atoms with Crippen molar-refractivity contribution in [3.8, 4) is 0 Å². The Morgan fingerprint density at radius 1 is 1.25 bits per heavy atom. The summed E-state index contributed by atoms with van der Waals surface area (Å²) < 4.78 is 0. The number of nitrogens with zero attached hydrogens (tertiary/aromatic N) is 1. The number of hydrogen-bond donors (Lipinski definition) is 2. The lowest BCUT2D eigenvalue weighted by atomic mass is 10.1. The summed E-state index contributed by atoms with van der Waals surface area (Å²) >= 11 is 0. The fourth-order valence-corrected chi connectivity index (χ4v) is 1.61. The molecule has 5 heteroatoms. The van der Waals surface area contributed by atoms with Gasteiger partial charge in [-0.05, 0) is 25.0 Å². The predicted octanol–water partition coefficient (Wildman–Crippen LogP) is 1.06. The highest BCUT2D eigenvalue weighted by Crippen LogP contribution is 2.13. The highest BCUT2D eigenvalue weighted by molar-refractivity contribution is 5.96. The molecule has 1 aromatic rings. The molecule has 0 aromatic heterocycles. The van der Waals surface area contributed by atoms with Gasteiger partial charge in [-0.25, -0.2) is 0 Å². The maximum atomic E-state index is 12.0. The van der Waals surface area contributed by atoms with Crippen LogP contribution in [0.1, 0.15) is 19.4 Å². The van der Waals surface area contributed by atoms with Gasteiger partial charge in [-0.2, -0.15) is 0 Å². The molecule has 0 heterocycles. The number of carbonyl (C=O) groups is 2. The topological polar surface area (TPSA) is 75.4 Å². The number of benzene rings is 1. The van der Waals surface area contributed by atoms with Crippen molar-refractivity contribution in [1.82, 2.24) is 5.32 Å². The van der Waals surface area contributed by atoms with Gasteiger partial charge in [-0.3, -0.25) is 9.59 Å². The summed E-state index contributed by atoms with van der Waals surface area (Å²) in [4.78, 5) is 25.2. The Morgan fingerprint density at radius 3 is 2.30 bits per heavy atom. The first-order valence-electron chi connectivity index (χ1n) is 6.69. The van der Waals surface area contributed by atoms with Crippen LogP contribution in [0.4, 0.5) is 5.69 Å². The molecule has 20 heavy (non-hydrogen) atoms. The summed E-state index contributed by atoms with van der Waals surface area (Å²) in [5.74, 6) is -0.441. The molecular formula is C15H23N3O2. The van der Waals surface area contributed by atoms with Crippen LogP contribution in [0.5, 0.6) is 0 Å². The maximum absolute atomic E-state index is 12.0. The van der Waals surface area contributed by atoms with Crippen LogP contribution < -0.4 is 16.0 Å². The van der Waals surface area contributed by atoms with Gasteiger partial charge in [0.25, 0.3) is 0 Å². The molecule has 0 aliphatic rings. The van der Waals surface area contributed by atoms with Crippen LogP contribution in [-0.2, 0) is 9.59 Å². The lowest BCUT2D eigenvalue weighted by Crippen LogP contribution is -2.47. The van der Waals surface area contributed by atoms with Gasteiger partial charge < -0.3 is 16.0 Å². The zero-order valence-electron chi connectivity index (χ0n) is 12.5. The maximum Gasteiger partial charge on any atom is 0.246 e. The van der Waals surface area contributed by atoms with E-state index in [4.69, 9.17) is 5.73 Å². The Bertz CT molecular complexity index is 469. The fourth-order valence-electron chi connectivity index (χ4n) is 1.61. The molecule has 5 nitrogen and oxygen atoms in total. The first-order valence-corrected chi connectivity index (χ1v) is 6.69. The van der Waals surface area contributed by atoms with Crippen molar-refractivity contribution >= 4 is 17.5 Å². The monoisotopic (exact) mass is 277 g/mol. The number of nitrogens with two attached hydrogens (primary N) is 1. The Kier molecular flexibility index (Phi) is 5.70. The van der Waals surface area contributed by atoms with Crippen LogP contribution in [0.2, 0.25) is 0 Å². The van der Waals surface area contributed by atoms with Crippen molar-refractivity contribution in [1.29, 1.82) is 0 Å². The predicted molar refractivity (Wildman–Crippen MR) is 80.4 cm³/mol. The molecule has 0 unspecified atom stereocenters. The molecule has 1 atom stereocenters. The molecule has 0 saturated carbocycles. The number of likely N-dealkylation sites (N-methyl/N-ethyl adjacent to an activating group) is 1. The third-order valence-electron chi connectivity index (χ3n) is 3.23. The van der Waals surface area contributed by atoms with Crippen molar-refractivity contribution < 1.29 is 9.59 Å². The first kappa shape index (κ1) is 16.2. The molecule has 0 fully saturated rings. The molecule has 0 bridgehead atoms. The number of aryl methyl sites for hydroxylation is 1. The largest absolute Gasteiger partial charge is 0.346 e. The van der Waals surface area contributed by atoms with Gasteiger partial charge in [0.15, 0.2) is 0 Å². The molecule has 2 amide bonds. The zero-order chi connectivity index (χ0) is 15.3. The molecule has 0 radical (unpaired) electrons. The third-order valence-corrected chi connectivity index (χ3v) is 3.23. The van der Waals surface area contributed by atoms with E-state index in [1.165, 1.54) is 4.90 Å². The van der Waals surface area contributed by atoms with E-state index >= 15 is 0 Å². The lowest BCUT2D eigenvalue weighted by molar-refractivity contribution is -0.126. The van der Waals surface area contributed by atoms with Crippen molar-refractivity contribution in [2.24, 2.45) is 11.7 Å². The van der Waals surface area contributed by atoms with E-state index in [1.54, 1.807) is 7.05 Å². The quantitative estimate of drug-likeness (QED) is 0.845. The highest BCUT2D eigenvalue weighted by Gasteiger charge is 2.18. The number of anilines is 1. The molecular weight excluding hydrogens is 254 g/mol. The Hall–Kier alpha value is -1.88. The average Bonchev–Trinajstić information content (AvgIpc) is 2.43. The summed E-state index contributed by atoms with van der Waals surface area (Å²) in [6, 6.07) is 7.02. The minimum atomic E-state index is -0.590. The lowest BCUT2D eigenvalue weighted by Gasteiger charge is -2.19. The summed E-state index contributed by atoms with van der Waals surface area (Å²) in [5, 5.41) is 2.57. The van der Waals surface area contributed by atoms with Gasteiger partial charge >= 0.3 is 0 Å². The Morgan fingerprint density at radius 2 is 1.80 bits per heavy atom. The number of rotatable bonds is 5. The van der Waals surface area contributed by atoms with Crippen molar-refractivity contribution in [2.75, 3.05) is 18.5 Å². The van der Waals surface area contributed by atoms with E-state index in [2.05, 4.69) is 5.32 Å². The minimum Gasteiger partial charge on any atom is -0.346 e. The van der Waals surface area contributed by atoms with Crippen molar-refractivity contribution in [3.63, 3.8) is 0 Å². The van der Waals surface area contributed by atoms with Crippen LogP contribution >= 0.6 is 0 Å². The van der Waals surface area contributed by atoms with Crippen LogP contribution in [0.15, 0.2) is 24.3 Å². The molecule has 0 aliphatic carbocycles. The van der Waals surface area contributed by atoms with E-state index < -0.39 is 6.04 Å². The summed E-state index contributed by atoms with van der Waals surface area (Å²) in [6.07, 6.45) is 0. The third kappa shape index (κ3) is 4.35. The normalized spacial score (nSPS) is 12.1. The molecule has 0 saturated heterocycles. The summed E-state index contributed by atoms with van der Waals surface area (Å²) in [6.45, 7) is 5.66. The molecule has 1 rings (SSSR count). The van der Waals surface area contributed by atoms with Gasteiger partial charge in [-0.15, -0.1) is 0 Å². The molecule has 110 valence electrons. The van der Waals surface area contributed by atoms with Crippen LogP contribution in [-0.4, -0.2) is 31.4 Å². The second-order valence-corrected chi connectivity index (χ2v) is 5.28. The highest BCUT2D eigenvalue weighted by atomic mass is 16.2. The van der Waals surface area contributed by atoms with Crippen LogP contribution in [0.25, 0.3) is 0 Å². The van der Waals surface area contributed by atoms with Crippen LogP contribution in [0, 0.1) is 12.8 Å². The Balaban J connectivity index is 2.54. The van der Waals surface area contributed by atoms with E-state index in [0.29, 0.717) is 0 Å². The van der Waals surface area contributed by atoms with Gasteiger partial charge in [0.2, 0.25) is 11.8 Å². The molecule has 0 aliphatic heterocycles. The molecule has 3 N–H and O–H groups in total. The standard InChI is InChI=1S/C15H23N3O2/c1-10(2)14(16)15(20)17-9-13(19)18(4)12-7-5-11(3)6-8-12/h5-8,10,14H,9,16H2,1-4H3,(H,17,20)/t14-/m0/s1. The smallest absolute Gasteiger partial charge is 0.246 e. The second kappa shape index (κ2) is 7.05. The van der Waals surface area contributed by atoms with Gasteiger partial charge in [0, 0.05) is 12.7 Å².